The fraction of sp³-hybridized carbons (Fsp3) is 0.875. The molecule has 0 atom stereocenters. The maximum Gasteiger partial charge on any atom is 0.332 e. The number of aromatic hydroxyl groups is 1. The van der Waals surface area contributed by atoms with Crippen LogP contribution in [0.1, 0.15) is 257 Å². The molecule has 0 aliphatic rings. The van der Waals surface area contributed by atoms with Crippen molar-refractivity contribution in [2.24, 2.45) is 0 Å². The first kappa shape index (κ1) is 50.3. The molecule has 1 rings (SSSR count). The average Bonchev–Trinajstić information content (AvgIpc) is 3.13. The van der Waals surface area contributed by atoms with Crippen molar-refractivity contribution in [2.45, 2.75) is 259 Å². The molecule has 4 nitrogen and oxygen atoms in total. The molecule has 0 heterocycles. The van der Waals surface area contributed by atoms with Crippen LogP contribution < -0.4 is 0 Å². The second-order valence-corrected chi connectivity index (χ2v) is 18.6. The van der Waals surface area contributed by atoms with E-state index in [0.717, 1.165) is 29.5 Å². The molecule has 0 aliphatic heterocycles. The monoisotopic (exact) mass is 763 g/mol. The zero-order chi connectivity index (χ0) is 38.7. The van der Waals surface area contributed by atoms with Crippen molar-refractivity contribution in [1.29, 1.82) is 0 Å². The summed E-state index contributed by atoms with van der Waals surface area (Å²) in [6.07, 6.45) is 43.8. The van der Waals surface area contributed by atoms with Gasteiger partial charge in [-0.1, -0.05) is 233 Å². The van der Waals surface area contributed by atoms with Crippen LogP contribution in [0.25, 0.3) is 0 Å². The van der Waals surface area contributed by atoms with Crippen LogP contribution in [0.5, 0.6) is 5.75 Å². The number of phenols is 1. The minimum atomic E-state index is -1.39. The van der Waals surface area contributed by atoms with Crippen LogP contribution in [0.2, 0.25) is 0 Å². The molecule has 1 aromatic rings. The number of benzene rings is 1. The molecule has 1 aromatic carbocycles. The largest absolute Gasteiger partial charge is 0.507 e. The third-order valence-corrected chi connectivity index (χ3v) is 12.0. The van der Waals surface area contributed by atoms with Crippen molar-refractivity contribution in [3.8, 4) is 5.75 Å². The molecule has 0 bridgehead atoms. The predicted octanol–water partition coefficient (Wildman–Crippen LogP) is 17.3. The van der Waals surface area contributed by atoms with Gasteiger partial charge in [-0.15, -0.1) is 0 Å². The molecule has 0 saturated carbocycles. The fourth-order valence-electron chi connectivity index (χ4n) is 7.33. The van der Waals surface area contributed by atoms with E-state index in [1.165, 1.54) is 193 Å². The van der Waals surface area contributed by atoms with E-state index in [4.69, 9.17) is 13.6 Å². The molecular weight excluding hydrogens is 671 g/mol. The molecule has 0 fully saturated rings. The first-order chi connectivity index (χ1) is 25.8. The van der Waals surface area contributed by atoms with Gasteiger partial charge in [-0.05, 0) is 47.9 Å². The van der Waals surface area contributed by atoms with Crippen molar-refractivity contribution < 1.29 is 18.7 Å². The molecule has 0 amide bonds. The summed E-state index contributed by atoms with van der Waals surface area (Å²) in [6, 6.07) is 4.12. The number of unbranched alkanes of at least 4 members (excludes halogenated alkanes) is 30. The Morgan fingerprint density at radius 1 is 0.453 bits per heavy atom. The lowest BCUT2D eigenvalue weighted by Crippen LogP contribution is -2.12. The van der Waals surface area contributed by atoms with Gasteiger partial charge in [0.15, 0.2) is 0 Å². The van der Waals surface area contributed by atoms with E-state index in [0.29, 0.717) is 25.6 Å². The van der Waals surface area contributed by atoms with Gasteiger partial charge in [0, 0.05) is 0 Å². The maximum atomic E-state index is 10.7. The van der Waals surface area contributed by atoms with Crippen molar-refractivity contribution in [1.82, 2.24) is 0 Å². The summed E-state index contributed by atoms with van der Waals surface area (Å²) in [5, 5.41) is 10.7. The van der Waals surface area contributed by atoms with Crippen molar-refractivity contribution >= 4 is 8.60 Å². The first-order valence-corrected chi connectivity index (χ1v) is 24.4. The molecule has 0 aromatic heterocycles. The number of hydrogen-bond acceptors (Lipinski definition) is 4. The Labute approximate surface area is 333 Å². The highest BCUT2D eigenvalue weighted by Crippen LogP contribution is 2.42. The second-order valence-electron chi connectivity index (χ2n) is 17.3. The molecule has 1 N–H and O–H groups in total. The van der Waals surface area contributed by atoms with E-state index >= 15 is 0 Å². The molecule has 312 valence electrons. The Morgan fingerprint density at radius 3 is 1.06 bits per heavy atom. The number of hydrogen-bond donors (Lipinski definition) is 1. The fourth-order valence-corrected chi connectivity index (χ4v) is 8.36. The van der Waals surface area contributed by atoms with Crippen LogP contribution in [0.3, 0.4) is 0 Å². The average molecular weight is 763 g/mol. The Balaban J connectivity index is 2.25. The predicted molar refractivity (Wildman–Crippen MR) is 234 cm³/mol. The highest BCUT2D eigenvalue weighted by Gasteiger charge is 2.21. The summed E-state index contributed by atoms with van der Waals surface area (Å²) in [5.74, 6) is 0.392. The van der Waals surface area contributed by atoms with Gasteiger partial charge in [-0.2, -0.15) is 0 Å². The van der Waals surface area contributed by atoms with Crippen LogP contribution in [0.15, 0.2) is 12.1 Å². The number of phenolic OH excluding ortho intramolecular Hbond substituents is 1. The summed E-state index contributed by atoms with van der Waals surface area (Å²) < 4.78 is 18.8. The summed E-state index contributed by atoms with van der Waals surface area (Å²) in [6.45, 7) is 14.8. The van der Waals surface area contributed by atoms with Gasteiger partial charge < -0.3 is 18.7 Å². The third-order valence-electron chi connectivity index (χ3n) is 10.9. The van der Waals surface area contributed by atoms with Gasteiger partial charge >= 0.3 is 8.60 Å². The van der Waals surface area contributed by atoms with Gasteiger partial charge in [-0.25, -0.2) is 0 Å². The molecule has 0 aliphatic carbocycles. The van der Waals surface area contributed by atoms with Crippen LogP contribution in [-0.4, -0.2) is 18.3 Å². The van der Waals surface area contributed by atoms with Gasteiger partial charge in [0.05, 0.1) is 19.8 Å². The van der Waals surface area contributed by atoms with Crippen LogP contribution in [-0.2, 0) is 25.6 Å². The summed E-state index contributed by atoms with van der Waals surface area (Å²) in [5.41, 5.74) is 2.78. The summed E-state index contributed by atoms with van der Waals surface area (Å²) in [4.78, 5) is 0. The van der Waals surface area contributed by atoms with Crippen molar-refractivity contribution in [3.63, 3.8) is 0 Å². The highest BCUT2D eigenvalue weighted by molar-refractivity contribution is 7.41. The van der Waals surface area contributed by atoms with Gasteiger partial charge in [0.1, 0.15) is 5.75 Å². The van der Waals surface area contributed by atoms with Gasteiger partial charge in [0.25, 0.3) is 0 Å². The molecule has 0 spiro atoms. The Kier molecular flexibility index (Phi) is 33.9. The molecule has 53 heavy (non-hydrogen) atoms. The lowest BCUT2D eigenvalue weighted by molar-refractivity contribution is 0.150. The van der Waals surface area contributed by atoms with E-state index in [9.17, 15) is 5.11 Å². The Hall–Kier alpha value is -0.670. The van der Waals surface area contributed by atoms with E-state index in [-0.39, 0.29) is 5.41 Å². The van der Waals surface area contributed by atoms with E-state index in [1.54, 1.807) is 0 Å². The van der Waals surface area contributed by atoms with Gasteiger partial charge in [0.2, 0.25) is 0 Å². The first-order valence-electron chi connectivity index (χ1n) is 23.3. The molecule has 0 saturated heterocycles. The highest BCUT2D eigenvalue weighted by atomic mass is 31.2. The molecule has 0 unspecified atom stereocenters. The quantitative estimate of drug-likeness (QED) is 0.0536. The lowest BCUT2D eigenvalue weighted by Gasteiger charge is -2.23. The third kappa shape index (κ3) is 30.2. The molecular formula is C48H91O4P. The zero-order valence-electron chi connectivity index (χ0n) is 36.5. The van der Waals surface area contributed by atoms with Crippen LogP contribution in [0, 0.1) is 6.92 Å². The number of aryl methyl sites for hydroxylation is 1. The molecule has 0 radical (unpaired) electrons. The summed E-state index contributed by atoms with van der Waals surface area (Å²) >= 11 is 0. The zero-order valence-corrected chi connectivity index (χ0v) is 37.4. The number of rotatable bonds is 39. The van der Waals surface area contributed by atoms with Crippen LogP contribution >= 0.6 is 8.60 Å². The summed E-state index contributed by atoms with van der Waals surface area (Å²) in [7, 11) is -1.39. The smallest absolute Gasteiger partial charge is 0.332 e. The standard InChI is InChI=1S/C48H91O4P/c1-7-9-11-13-15-17-19-21-23-25-27-29-31-33-35-37-39-50-53(52-43-45-41-44(3)47(49)46(42-45)48(4,5)6)51-40-38-36-34-32-30-28-26-24-22-20-18-16-14-12-10-8-2/h41-42,49H,7-40,43H2,1-6H3. The van der Waals surface area contributed by atoms with E-state index in [1.807, 2.05) is 13.0 Å². The Morgan fingerprint density at radius 2 is 0.755 bits per heavy atom. The normalized spacial score (nSPS) is 12.1. The minimum Gasteiger partial charge on any atom is -0.507 e. The topological polar surface area (TPSA) is 47.9 Å². The SMILES string of the molecule is CCCCCCCCCCCCCCCCCCOP(OCCCCCCCCCCCCCCCCCC)OCc1cc(C)c(O)c(C(C)(C)C)c1. The minimum absolute atomic E-state index is 0.136. The Bertz CT molecular complexity index is 891. The van der Waals surface area contributed by atoms with E-state index in [2.05, 4.69) is 40.7 Å². The van der Waals surface area contributed by atoms with Crippen molar-refractivity contribution in [3.05, 3.63) is 28.8 Å². The van der Waals surface area contributed by atoms with Crippen LogP contribution in [0.4, 0.5) is 0 Å². The van der Waals surface area contributed by atoms with Crippen molar-refractivity contribution in [2.75, 3.05) is 13.2 Å². The molecule has 5 heteroatoms. The lowest BCUT2D eigenvalue weighted by atomic mass is 9.84. The van der Waals surface area contributed by atoms with E-state index < -0.39 is 8.60 Å². The second kappa shape index (κ2) is 35.7. The van der Waals surface area contributed by atoms with Gasteiger partial charge in [-0.3, -0.25) is 0 Å². The maximum absolute atomic E-state index is 10.7.